The van der Waals surface area contributed by atoms with E-state index >= 15 is 0 Å². The van der Waals surface area contributed by atoms with Crippen LogP contribution in [-0.2, 0) is 11.4 Å². The molecule has 1 aromatic rings. The number of halogens is 2. The molecule has 0 aromatic heterocycles. The number of carbonyl (C=O) groups excluding carboxylic acids is 1. The maximum Gasteiger partial charge on any atom is 0.159 e. The molecule has 1 rings (SSSR count). The van der Waals surface area contributed by atoms with Crippen LogP contribution in [0.2, 0.25) is 0 Å². The predicted octanol–water partition coefficient (Wildman–Crippen LogP) is 1.43. The molecule has 0 amide bonds. The number of nitrogens with one attached hydrogen (secondary N) is 1. The van der Waals surface area contributed by atoms with Crippen molar-refractivity contribution in [2.75, 3.05) is 7.11 Å². The fourth-order valence-corrected chi connectivity index (χ4v) is 1.02. The average molecular weight is 201 g/mol. The Morgan fingerprint density at radius 2 is 2.07 bits per heavy atom. The predicted molar refractivity (Wildman–Crippen MR) is 45.6 cm³/mol. The standard InChI is InChI=1S/C9H9F2NO2/c1-14-12-4-6-2-8(10)9(11)3-7(6)5-13/h2-3,5,12H,4H2,1H3. The van der Waals surface area contributed by atoms with Gasteiger partial charge in [-0.25, -0.2) is 8.78 Å². The van der Waals surface area contributed by atoms with E-state index in [1.807, 2.05) is 0 Å². The first-order valence-corrected chi connectivity index (χ1v) is 3.88. The Kier molecular flexibility index (Phi) is 3.67. The summed E-state index contributed by atoms with van der Waals surface area (Å²) in [5, 5.41) is 0. The third-order valence-corrected chi connectivity index (χ3v) is 1.72. The molecule has 0 bridgehead atoms. The molecule has 0 heterocycles. The number of benzene rings is 1. The molecule has 0 atom stereocenters. The molecule has 1 aromatic carbocycles. The van der Waals surface area contributed by atoms with Gasteiger partial charge in [0.1, 0.15) is 6.29 Å². The van der Waals surface area contributed by atoms with Gasteiger partial charge in [-0.05, 0) is 17.7 Å². The number of carbonyl (C=O) groups is 1. The summed E-state index contributed by atoms with van der Waals surface area (Å²) in [7, 11) is 1.39. The number of hydrogen-bond donors (Lipinski definition) is 1. The van der Waals surface area contributed by atoms with Gasteiger partial charge in [0.15, 0.2) is 11.6 Å². The molecule has 0 aliphatic heterocycles. The van der Waals surface area contributed by atoms with Crippen LogP contribution in [0, 0.1) is 11.6 Å². The van der Waals surface area contributed by atoms with E-state index in [2.05, 4.69) is 10.3 Å². The second-order valence-corrected chi connectivity index (χ2v) is 2.61. The summed E-state index contributed by atoms with van der Waals surface area (Å²) >= 11 is 0. The lowest BCUT2D eigenvalue weighted by Gasteiger charge is -2.05. The van der Waals surface area contributed by atoms with E-state index < -0.39 is 11.6 Å². The lowest BCUT2D eigenvalue weighted by atomic mass is 10.1. The van der Waals surface area contributed by atoms with Gasteiger partial charge >= 0.3 is 0 Å². The van der Waals surface area contributed by atoms with Crippen LogP contribution in [0.5, 0.6) is 0 Å². The zero-order valence-corrected chi connectivity index (χ0v) is 7.51. The van der Waals surface area contributed by atoms with Crippen LogP contribution in [0.1, 0.15) is 15.9 Å². The summed E-state index contributed by atoms with van der Waals surface area (Å²) in [6, 6.07) is 1.82. The van der Waals surface area contributed by atoms with Crippen LogP contribution in [0.15, 0.2) is 12.1 Å². The summed E-state index contributed by atoms with van der Waals surface area (Å²) < 4.78 is 25.4. The van der Waals surface area contributed by atoms with Gasteiger partial charge in [0.25, 0.3) is 0 Å². The topological polar surface area (TPSA) is 38.3 Å². The summed E-state index contributed by atoms with van der Waals surface area (Å²) in [5.41, 5.74) is 2.89. The second-order valence-electron chi connectivity index (χ2n) is 2.61. The number of rotatable bonds is 4. The van der Waals surface area contributed by atoms with Gasteiger partial charge < -0.3 is 4.84 Å². The van der Waals surface area contributed by atoms with Gasteiger partial charge in [-0.2, -0.15) is 5.48 Å². The van der Waals surface area contributed by atoms with Crippen molar-refractivity contribution in [2.45, 2.75) is 6.54 Å². The maximum absolute atomic E-state index is 12.8. The molecule has 76 valence electrons. The molecule has 0 aliphatic carbocycles. The summed E-state index contributed by atoms with van der Waals surface area (Å²) in [6.45, 7) is 0.141. The van der Waals surface area contributed by atoms with E-state index in [1.54, 1.807) is 0 Å². The van der Waals surface area contributed by atoms with Crippen LogP contribution < -0.4 is 5.48 Å². The average Bonchev–Trinajstić information content (AvgIpc) is 2.19. The van der Waals surface area contributed by atoms with Crippen molar-refractivity contribution in [3.63, 3.8) is 0 Å². The van der Waals surface area contributed by atoms with Crippen LogP contribution in [0.3, 0.4) is 0 Å². The van der Waals surface area contributed by atoms with Gasteiger partial charge in [-0.1, -0.05) is 0 Å². The Labute approximate surface area is 79.6 Å². The quantitative estimate of drug-likeness (QED) is 0.591. The molecular weight excluding hydrogens is 192 g/mol. The van der Waals surface area contributed by atoms with E-state index in [4.69, 9.17) is 0 Å². The minimum absolute atomic E-state index is 0.105. The normalized spacial score (nSPS) is 10.2. The van der Waals surface area contributed by atoms with E-state index in [0.29, 0.717) is 11.8 Å². The van der Waals surface area contributed by atoms with Crippen molar-refractivity contribution in [3.8, 4) is 0 Å². The highest BCUT2D eigenvalue weighted by Crippen LogP contribution is 2.13. The minimum atomic E-state index is -1.03. The molecule has 0 fully saturated rings. The number of hydroxylamine groups is 1. The molecule has 0 unspecified atom stereocenters. The zero-order valence-electron chi connectivity index (χ0n) is 7.51. The zero-order chi connectivity index (χ0) is 10.6. The highest BCUT2D eigenvalue weighted by Gasteiger charge is 2.08. The van der Waals surface area contributed by atoms with E-state index in [1.165, 1.54) is 7.11 Å². The van der Waals surface area contributed by atoms with Crippen molar-refractivity contribution in [3.05, 3.63) is 34.9 Å². The molecule has 0 saturated carbocycles. The monoisotopic (exact) mass is 201 g/mol. The molecule has 3 nitrogen and oxygen atoms in total. The third-order valence-electron chi connectivity index (χ3n) is 1.72. The Hall–Kier alpha value is -1.33. The summed E-state index contributed by atoms with van der Waals surface area (Å²) in [4.78, 5) is 15.0. The van der Waals surface area contributed by atoms with Crippen molar-refractivity contribution < 1.29 is 18.4 Å². The smallest absolute Gasteiger partial charge is 0.159 e. The van der Waals surface area contributed by atoms with Gasteiger partial charge in [-0.3, -0.25) is 4.79 Å². The largest absolute Gasteiger partial charge is 0.305 e. The maximum atomic E-state index is 12.8. The van der Waals surface area contributed by atoms with Crippen molar-refractivity contribution >= 4 is 6.29 Å². The van der Waals surface area contributed by atoms with Crippen LogP contribution in [0.4, 0.5) is 8.78 Å². The molecule has 0 aliphatic rings. The first-order chi connectivity index (χ1) is 6.69. The van der Waals surface area contributed by atoms with Crippen LogP contribution in [-0.4, -0.2) is 13.4 Å². The molecule has 1 N–H and O–H groups in total. The van der Waals surface area contributed by atoms with Gasteiger partial charge in [0, 0.05) is 12.1 Å². The number of aldehydes is 1. The number of hydrogen-bond acceptors (Lipinski definition) is 3. The fourth-order valence-electron chi connectivity index (χ4n) is 1.02. The summed E-state index contributed by atoms with van der Waals surface area (Å²) in [5.74, 6) is -2.02. The first-order valence-electron chi connectivity index (χ1n) is 3.88. The Balaban J connectivity index is 3.00. The third kappa shape index (κ3) is 2.34. The molecule has 0 spiro atoms. The first kappa shape index (κ1) is 10.7. The van der Waals surface area contributed by atoms with Crippen molar-refractivity contribution in [2.24, 2.45) is 0 Å². The minimum Gasteiger partial charge on any atom is -0.305 e. The fraction of sp³-hybridized carbons (Fsp3) is 0.222. The van der Waals surface area contributed by atoms with Gasteiger partial charge in [0.2, 0.25) is 0 Å². The van der Waals surface area contributed by atoms with Crippen LogP contribution in [0.25, 0.3) is 0 Å². The van der Waals surface area contributed by atoms with E-state index in [-0.39, 0.29) is 12.1 Å². The summed E-state index contributed by atoms with van der Waals surface area (Å²) in [6.07, 6.45) is 0.467. The lowest BCUT2D eigenvalue weighted by Crippen LogP contribution is -2.13. The molecule has 14 heavy (non-hydrogen) atoms. The van der Waals surface area contributed by atoms with Crippen molar-refractivity contribution in [1.82, 2.24) is 5.48 Å². The van der Waals surface area contributed by atoms with Gasteiger partial charge in [-0.15, -0.1) is 0 Å². The molecule has 5 heteroatoms. The van der Waals surface area contributed by atoms with Gasteiger partial charge in [0.05, 0.1) is 7.11 Å². The molecule has 0 radical (unpaired) electrons. The Bertz CT molecular complexity index is 342. The molecule has 0 saturated heterocycles. The highest BCUT2D eigenvalue weighted by molar-refractivity contribution is 5.77. The van der Waals surface area contributed by atoms with E-state index in [0.717, 1.165) is 12.1 Å². The van der Waals surface area contributed by atoms with Crippen LogP contribution >= 0.6 is 0 Å². The lowest BCUT2D eigenvalue weighted by molar-refractivity contribution is 0.0862. The van der Waals surface area contributed by atoms with Crippen molar-refractivity contribution in [1.29, 1.82) is 0 Å². The second kappa shape index (κ2) is 4.78. The Morgan fingerprint density at radius 1 is 1.43 bits per heavy atom. The SMILES string of the molecule is CONCc1cc(F)c(F)cc1C=O. The van der Waals surface area contributed by atoms with E-state index in [9.17, 15) is 13.6 Å². The molecular formula is C9H9F2NO2. The highest BCUT2D eigenvalue weighted by atomic mass is 19.2. The Morgan fingerprint density at radius 3 is 2.64 bits per heavy atom.